The second-order valence-electron chi connectivity index (χ2n) is 6.42. The Morgan fingerprint density at radius 3 is 2.75 bits per heavy atom. The van der Waals surface area contributed by atoms with Crippen molar-refractivity contribution in [3.8, 4) is 11.3 Å². The highest BCUT2D eigenvalue weighted by Gasteiger charge is 2.32. The van der Waals surface area contributed by atoms with Crippen LogP contribution in [0.15, 0.2) is 36.4 Å². The third kappa shape index (κ3) is 3.22. The van der Waals surface area contributed by atoms with Crippen molar-refractivity contribution in [2.24, 2.45) is 0 Å². The van der Waals surface area contributed by atoms with E-state index in [1.165, 1.54) is 11.5 Å². The number of amides is 1. The molecule has 0 aliphatic carbocycles. The van der Waals surface area contributed by atoms with E-state index in [0.29, 0.717) is 6.04 Å². The molecular formula is C18H22N4OS. The van der Waals surface area contributed by atoms with Gasteiger partial charge in [0.1, 0.15) is 4.88 Å². The van der Waals surface area contributed by atoms with Crippen molar-refractivity contribution < 1.29 is 4.79 Å². The SMILES string of the molecule is O=C(c1cc(-c2ccccc2)ns1)N1CCC(N2CCNCC2)C1. The second-order valence-corrected chi connectivity index (χ2v) is 7.23. The fourth-order valence-electron chi connectivity index (χ4n) is 3.55. The summed E-state index contributed by atoms with van der Waals surface area (Å²) in [5.41, 5.74) is 1.95. The molecule has 2 aromatic rings. The third-order valence-corrected chi connectivity index (χ3v) is 5.69. The first-order chi connectivity index (χ1) is 11.8. The number of carbonyl (C=O) groups is 1. The van der Waals surface area contributed by atoms with E-state index < -0.39 is 0 Å². The number of benzene rings is 1. The Balaban J connectivity index is 1.42. The van der Waals surface area contributed by atoms with Crippen LogP contribution in [0.1, 0.15) is 16.1 Å². The predicted octanol–water partition coefficient (Wildman–Crippen LogP) is 1.93. The van der Waals surface area contributed by atoms with Crippen LogP contribution in [0.25, 0.3) is 11.3 Å². The third-order valence-electron chi connectivity index (χ3n) is 4.91. The molecule has 1 unspecified atom stereocenters. The van der Waals surface area contributed by atoms with E-state index >= 15 is 0 Å². The summed E-state index contributed by atoms with van der Waals surface area (Å²) < 4.78 is 4.46. The highest BCUT2D eigenvalue weighted by Crippen LogP contribution is 2.25. The molecule has 1 aromatic heterocycles. The number of hydrogen-bond donors (Lipinski definition) is 1. The molecule has 0 bridgehead atoms. The van der Waals surface area contributed by atoms with Crippen LogP contribution in [0.4, 0.5) is 0 Å². The summed E-state index contributed by atoms with van der Waals surface area (Å²) in [4.78, 5) is 18.0. The molecule has 1 aromatic carbocycles. The van der Waals surface area contributed by atoms with Crippen LogP contribution in [0.2, 0.25) is 0 Å². The standard InChI is InChI=1S/C18H22N4OS/c23-18(17-12-16(20-24-17)14-4-2-1-3-5-14)22-9-6-15(13-22)21-10-7-19-8-11-21/h1-5,12,15,19H,6-11,13H2. The number of aromatic nitrogens is 1. The Labute approximate surface area is 146 Å². The first kappa shape index (κ1) is 15.7. The summed E-state index contributed by atoms with van der Waals surface area (Å²) in [6, 6.07) is 12.5. The van der Waals surface area contributed by atoms with Gasteiger partial charge in [-0.25, -0.2) is 0 Å². The zero-order chi connectivity index (χ0) is 16.4. The van der Waals surface area contributed by atoms with Crippen molar-refractivity contribution >= 4 is 17.4 Å². The molecule has 0 radical (unpaired) electrons. The number of nitrogens with one attached hydrogen (secondary N) is 1. The van der Waals surface area contributed by atoms with E-state index in [9.17, 15) is 4.79 Å². The fourth-order valence-corrected chi connectivity index (χ4v) is 4.27. The molecule has 1 N–H and O–H groups in total. The Morgan fingerprint density at radius 1 is 1.17 bits per heavy atom. The molecule has 2 fully saturated rings. The second kappa shape index (κ2) is 7.01. The van der Waals surface area contributed by atoms with Gasteiger partial charge in [0.05, 0.1) is 5.69 Å². The molecule has 6 heteroatoms. The van der Waals surface area contributed by atoms with Crippen LogP contribution >= 0.6 is 11.5 Å². The summed E-state index contributed by atoms with van der Waals surface area (Å²) >= 11 is 1.31. The van der Waals surface area contributed by atoms with Crippen molar-refractivity contribution in [2.45, 2.75) is 12.5 Å². The molecule has 2 aliphatic heterocycles. The molecule has 1 atom stereocenters. The van der Waals surface area contributed by atoms with Crippen molar-refractivity contribution in [2.75, 3.05) is 39.3 Å². The highest BCUT2D eigenvalue weighted by molar-refractivity contribution is 7.08. The summed E-state index contributed by atoms with van der Waals surface area (Å²) in [7, 11) is 0. The maximum absolute atomic E-state index is 12.8. The van der Waals surface area contributed by atoms with Crippen LogP contribution in [0.5, 0.6) is 0 Å². The quantitative estimate of drug-likeness (QED) is 0.926. The van der Waals surface area contributed by atoms with Gasteiger partial charge in [0.25, 0.3) is 5.91 Å². The lowest BCUT2D eigenvalue weighted by Crippen LogP contribution is -2.49. The lowest BCUT2D eigenvalue weighted by molar-refractivity contribution is 0.0778. The zero-order valence-electron chi connectivity index (χ0n) is 13.6. The van der Waals surface area contributed by atoms with Gasteiger partial charge in [0, 0.05) is 50.9 Å². The minimum absolute atomic E-state index is 0.132. The maximum Gasteiger partial charge on any atom is 0.265 e. The van der Waals surface area contributed by atoms with E-state index in [1.54, 1.807) is 0 Å². The first-order valence-electron chi connectivity index (χ1n) is 8.57. The number of likely N-dealkylation sites (tertiary alicyclic amines) is 1. The summed E-state index contributed by atoms with van der Waals surface area (Å²) in [6.45, 7) is 5.99. The molecule has 24 heavy (non-hydrogen) atoms. The largest absolute Gasteiger partial charge is 0.336 e. The molecule has 0 saturated carbocycles. The Bertz CT molecular complexity index is 696. The smallest absolute Gasteiger partial charge is 0.265 e. The van der Waals surface area contributed by atoms with E-state index in [1.807, 2.05) is 41.3 Å². The summed E-state index contributed by atoms with van der Waals surface area (Å²) in [6.07, 6.45) is 1.08. The van der Waals surface area contributed by atoms with Gasteiger partial charge in [-0.05, 0) is 24.0 Å². The van der Waals surface area contributed by atoms with Crippen molar-refractivity contribution in [3.05, 3.63) is 41.3 Å². The molecule has 1 amide bonds. The number of nitrogens with zero attached hydrogens (tertiary/aromatic N) is 3. The number of hydrogen-bond acceptors (Lipinski definition) is 5. The number of piperazine rings is 1. The van der Waals surface area contributed by atoms with E-state index in [-0.39, 0.29) is 5.91 Å². The van der Waals surface area contributed by atoms with Gasteiger partial charge in [-0.15, -0.1) is 0 Å². The lowest BCUT2D eigenvalue weighted by atomic mass is 10.1. The predicted molar refractivity (Wildman–Crippen MR) is 96.3 cm³/mol. The fraction of sp³-hybridized carbons (Fsp3) is 0.444. The molecule has 126 valence electrons. The average molecular weight is 342 g/mol. The van der Waals surface area contributed by atoms with Crippen LogP contribution in [-0.4, -0.2) is 65.4 Å². The van der Waals surface area contributed by atoms with E-state index in [2.05, 4.69) is 14.6 Å². The van der Waals surface area contributed by atoms with Gasteiger partial charge in [-0.2, -0.15) is 4.37 Å². The van der Waals surface area contributed by atoms with Crippen LogP contribution in [-0.2, 0) is 0 Å². The molecule has 2 saturated heterocycles. The first-order valence-corrected chi connectivity index (χ1v) is 9.35. The van der Waals surface area contributed by atoms with Gasteiger partial charge >= 0.3 is 0 Å². The minimum atomic E-state index is 0.132. The monoisotopic (exact) mass is 342 g/mol. The van der Waals surface area contributed by atoms with Crippen molar-refractivity contribution in [3.63, 3.8) is 0 Å². The maximum atomic E-state index is 12.8. The Hall–Kier alpha value is -1.76. The van der Waals surface area contributed by atoms with Gasteiger partial charge in [0.2, 0.25) is 0 Å². The van der Waals surface area contributed by atoms with Crippen LogP contribution < -0.4 is 5.32 Å². The topological polar surface area (TPSA) is 48.5 Å². The molecule has 4 rings (SSSR count). The van der Waals surface area contributed by atoms with Crippen molar-refractivity contribution in [1.29, 1.82) is 0 Å². The van der Waals surface area contributed by atoms with E-state index in [0.717, 1.165) is 61.8 Å². The molecule has 2 aliphatic rings. The number of rotatable bonds is 3. The van der Waals surface area contributed by atoms with Crippen molar-refractivity contribution in [1.82, 2.24) is 19.5 Å². The van der Waals surface area contributed by atoms with Gasteiger partial charge in [0.15, 0.2) is 0 Å². The Kier molecular flexibility index (Phi) is 4.60. The molecular weight excluding hydrogens is 320 g/mol. The van der Waals surface area contributed by atoms with E-state index in [4.69, 9.17) is 0 Å². The van der Waals surface area contributed by atoms with Gasteiger partial charge in [-0.3, -0.25) is 9.69 Å². The lowest BCUT2D eigenvalue weighted by Gasteiger charge is -2.32. The van der Waals surface area contributed by atoms with Gasteiger partial charge < -0.3 is 10.2 Å². The normalized spacial score (nSPS) is 22.0. The highest BCUT2D eigenvalue weighted by atomic mass is 32.1. The zero-order valence-corrected chi connectivity index (χ0v) is 14.5. The molecule has 0 spiro atoms. The van der Waals surface area contributed by atoms with Gasteiger partial charge in [-0.1, -0.05) is 30.3 Å². The Morgan fingerprint density at radius 2 is 1.96 bits per heavy atom. The van der Waals surface area contributed by atoms with Crippen LogP contribution in [0, 0.1) is 0 Å². The molecule has 3 heterocycles. The summed E-state index contributed by atoms with van der Waals surface area (Å²) in [5, 5.41) is 3.39. The van der Waals surface area contributed by atoms with Crippen LogP contribution in [0.3, 0.4) is 0 Å². The summed E-state index contributed by atoms with van der Waals surface area (Å²) in [5.74, 6) is 0.132. The minimum Gasteiger partial charge on any atom is -0.336 e. The average Bonchev–Trinajstić information content (AvgIpc) is 3.33. The number of carbonyl (C=O) groups excluding carboxylic acids is 1. The molecule has 5 nitrogen and oxygen atoms in total.